The smallest absolute Gasteiger partial charge is 0.361 e. The Morgan fingerprint density at radius 1 is 1.29 bits per heavy atom. The lowest BCUT2D eigenvalue weighted by atomic mass is 10.0. The Labute approximate surface area is 193 Å². The van der Waals surface area contributed by atoms with Crippen LogP contribution in [-0.4, -0.2) is 56.6 Å². The number of amides is 2. The zero-order valence-electron chi connectivity index (χ0n) is 18.7. The van der Waals surface area contributed by atoms with Gasteiger partial charge in [-0.15, -0.1) is 5.10 Å². The fourth-order valence-electron chi connectivity index (χ4n) is 3.85. The van der Waals surface area contributed by atoms with Crippen LogP contribution < -0.4 is 5.32 Å². The molecule has 2 amide bonds. The number of hydrogen-bond donors (Lipinski definition) is 1. The molecule has 0 bridgehead atoms. The molecule has 0 spiro atoms. The lowest BCUT2D eigenvalue weighted by molar-refractivity contribution is 0.0505. The first kappa shape index (κ1) is 23.3. The summed E-state index contributed by atoms with van der Waals surface area (Å²) >= 11 is 0. The molecule has 0 atom stereocenters. The molecular weight excluding hydrogens is 450 g/mol. The molecule has 180 valence electrons. The van der Waals surface area contributed by atoms with Crippen LogP contribution in [0.1, 0.15) is 54.1 Å². The van der Waals surface area contributed by atoms with Crippen LogP contribution in [0.25, 0.3) is 11.5 Å². The molecule has 0 radical (unpaired) electrons. The first-order valence-corrected chi connectivity index (χ1v) is 10.9. The molecule has 3 heterocycles. The van der Waals surface area contributed by atoms with Gasteiger partial charge in [-0.3, -0.25) is 0 Å². The summed E-state index contributed by atoms with van der Waals surface area (Å²) in [6, 6.07) is 6.41. The largest absolute Gasteiger partial charge is 0.461 e. The number of ether oxygens (including phenoxy) is 1. The Morgan fingerprint density at radius 3 is 2.71 bits per heavy atom. The highest BCUT2D eigenvalue weighted by Gasteiger charge is 2.33. The highest BCUT2D eigenvalue weighted by Crippen LogP contribution is 2.30. The first-order valence-electron chi connectivity index (χ1n) is 10.9. The lowest BCUT2D eigenvalue weighted by Gasteiger charge is -2.32. The van der Waals surface area contributed by atoms with Gasteiger partial charge in [0.1, 0.15) is 12.0 Å². The van der Waals surface area contributed by atoms with Crippen LogP contribution in [0.15, 0.2) is 34.9 Å². The number of oxazole rings is 1. The number of alkyl halides is 2. The average molecular weight is 474 g/mol. The van der Waals surface area contributed by atoms with Gasteiger partial charge in [0.2, 0.25) is 5.89 Å². The summed E-state index contributed by atoms with van der Waals surface area (Å²) in [7, 11) is 0. The number of anilines is 1. The standard InChI is InChI=1S/C22H24F2N6O4/c1-3-33-21(31)17-18(19(23)24)30(28-27-17)16-7-9-29(10-8-16)22(32)26-15-6-4-5-14(11-15)20-25-13(2)12-34-20/h4-6,11-12,16,19H,3,7-10H2,1-2H3,(H,26,32). The van der Waals surface area contributed by atoms with E-state index >= 15 is 0 Å². The summed E-state index contributed by atoms with van der Waals surface area (Å²) < 4.78 is 38.7. The quantitative estimate of drug-likeness (QED) is 0.532. The fraction of sp³-hybridized carbons (Fsp3) is 0.409. The van der Waals surface area contributed by atoms with Crippen molar-refractivity contribution in [3.8, 4) is 11.5 Å². The SMILES string of the molecule is CCOC(=O)c1nnn(C2CCN(C(=O)Nc3cccc(-c4nc(C)co4)c3)CC2)c1C(F)F. The summed E-state index contributed by atoms with van der Waals surface area (Å²) in [6.45, 7) is 4.10. The molecule has 0 aliphatic carbocycles. The second kappa shape index (κ2) is 9.98. The van der Waals surface area contributed by atoms with E-state index in [4.69, 9.17) is 9.15 Å². The van der Waals surface area contributed by atoms with Crippen LogP contribution in [0, 0.1) is 6.92 Å². The number of halogens is 2. The predicted octanol–water partition coefficient (Wildman–Crippen LogP) is 4.22. The first-order chi connectivity index (χ1) is 16.4. The van der Waals surface area contributed by atoms with E-state index in [0.717, 1.165) is 15.9 Å². The van der Waals surface area contributed by atoms with Crippen molar-refractivity contribution < 1.29 is 27.5 Å². The van der Waals surface area contributed by atoms with Gasteiger partial charge in [-0.1, -0.05) is 11.3 Å². The number of urea groups is 1. The molecule has 1 fully saturated rings. The maximum atomic E-state index is 13.7. The van der Waals surface area contributed by atoms with Gasteiger partial charge in [-0.05, 0) is 44.9 Å². The van der Waals surface area contributed by atoms with Crippen molar-refractivity contribution in [1.82, 2.24) is 24.9 Å². The lowest BCUT2D eigenvalue weighted by Crippen LogP contribution is -2.41. The summed E-state index contributed by atoms with van der Waals surface area (Å²) in [5.74, 6) is -0.470. The van der Waals surface area contributed by atoms with Gasteiger partial charge in [0.25, 0.3) is 6.43 Å². The second-order valence-electron chi connectivity index (χ2n) is 7.81. The maximum Gasteiger partial charge on any atom is 0.361 e. The number of carbonyl (C=O) groups excluding carboxylic acids is 2. The van der Waals surface area contributed by atoms with Crippen molar-refractivity contribution in [3.05, 3.63) is 47.6 Å². The van der Waals surface area contributed by atoms with Crippen molar-refractivity contribution in [2.45, 2.75) is 39.2 Å². The summed E-state index contributed by atoms with van der Waals surface area (Å²) in [5, 5.41) is 10.3. The fourth-order valence-corrected chi connectivity index (χ4v) is 3.85. The van der Waals surface area contributed by atoms with E-state index in [1.807, 2.05) is 13.0 Å². The van der Waals surface area contributed by atoms with Gasteiger partial charge in [-0.2, -0.15) is 0 Å². The number of benzene rings is 1. The van der Waals surface area contributed by atoms with E-state index in [1.165, 1.54) is 0 Å². The van der Waals surface area contributed by atoms with Crippen LogP contribution >= 0.6 is 0 Å². The number of aryl methyl sites for hydroxylation is 1. The second-order valence-corrected chi connectivity index (χ2v) is 7.81. The van der Waals surface area contributed by atoms with E-state index in [-0.39, 0.29) is 12.6 Å². The normalized spacial score (nSPS) is 14.4. The molecule has 10 nitrogen and oxygen atoms in total. The number of piperidine rings is 1. The number of carbonyl (C=O) groups is 2. The molecule has 0 unspecified atom stereocenters. The van der Waals surface area contributed by atoms with Gasteiger partial charge >= 0.3 is 12.0 Å². The van der Waals surface area contributed by atoms with Crippen LogP contribution in [0.4, 0.5) is 19.3 Å². The highest BCUT2D eigenvalue weighted by molar-refractivity contribution is 5.90. The van der Waals surface area contributed by atoms with E-state index in [1.54, 1.807) is 36.3 Å². The molecular formula is C22H24F2N6O4. The monoisotopic (exact) mass is 474 g/mol. The number of nitrogens with one attached hydrogen (secondary N) is 1. The molecule has 3 aromatic rings. The summed E-state index contributed by atoms with van der Waals surface area (Å²) in [5.41, 5.74) is 1.03. The minimum absolute atomic E-state index is 0.0441. The number of esters is 1. The van der Waals surface area contributed by atoms with Crippen LogP contribution in [0.5, 0.6) is 0 Å². The molecule has 12 heteroatoms. The molecule has 1 saturated heterocycles. The Morgan fingerprint density at radius 2 is 2.06 bits per heavy atom. The van der Waals surface area contributed by atoms with Crippen LogP contribution in [-0.2, 0) is 4.74 Å². The molecule has 4 rings (SSSR count). The van der Waals surface area contributed by atoms with Gasteiger partial charge in [-0.25, -0.2) is 28.0 Å². The summed E-state index contributed by atoms with van der Waals surface area (Å²) in [6.07, 6.45) is -0.618. The third kappa shape index (κ3) is 4.90. The average Bonchev–Trinajstić information content (AvgIpc) is 3.46. The van der Waals surface area contributed by atoms with E-state index in [2.05, 4.69) is 20.6 Å². The van der Waals surface area contributed by atoms with E-state index in [9.17, 15) is 18.4 Å². The molecule has 1 aliphatic heterocycles. The number of likely N-dealkylation sites (tertiary alicyclic amines) is 1. The van der Waals surface area contributed by atoms with Crippen molar-refractivity contribution >= 4 is 17.7 Å². The Hall–Kier alpha value is -3.83. The number of nitrogens with zero attached hydrogens (tertiary/aromatic N) is 5. The van der Waals surface area contributed by atoms with Crippen LogP contribution in [0.2, 0.25) is 0 Å². The molecule has 1 aliphatic rings. The minimum Gasteiger partial charge on any atom is -0.461 e. The third-order valence-corrected chi connectivity index (χ3v) is 5.48. The van der Waals surface area contributed by atoms with Crippen molar-refractivity contribution in [2.75, 3.05) is 25.0 Å². The Kier molecular flexibility index (Phi) is 6.85. The van der Waals surface area contributed by atoms with Gasteiger partial charge < -0.3 is 19.4 Å². The minimum atomic E-state index is -2.93. The van der Waals surface area contributed by atoms with Crippen molar-refractivity contribution in [1.29, 1.82) is 0 Å². The van der Waals surface area contributed by atoms with E-state index in [0.29, 0.717) is 37.5 Å². The number of aromatic nitrogens is 4. The molecule has 1 N–H and O–H groups in total. The van der Waals surface area contributed by atoms with Gasteiger partial charge in [0.05, 0.1) is 18.3 Å². The van der Waals surface area contributed by atoms with Gasteiger partial charge in [0, 0.05) is 24.3 Å². The van der Waals surface area contributed by atoms with E-state index < -0.39 is 29.8 Å². The molecule has 1 aromatic carbocycles. The number of hydrogen-bond acceptors (Lipinski definition) is 7. The Bertz CT molecular complexity index is 1170. The van der Waals surface area contributed by atoms with Crippen molar-refractivity contribution in [2.24, 2.45) is 0 Å². The van der Waals surface area contributed by atoms with Crippen molar-refractivity contribution in [3.63, 3.8) is 0 Å². The zero-order valence-corrected chi connectivity index (χ0v) is 18.7. The highest BCUT2D eigenvalue weighted by atomic mass is 19.3. The Balaban J connectivity index is 1.40. The van der Waals surface area contributed by atoms with Gasteiger partial charge in [0.15, 0.2) is 5.69 Å². The van der Waals surface area contributed by atoms with Crippen LogP contribution in [0.3, 0.4) is 0 Å². The third-order valence-electron chi connectivity index (χ3n) is 5.48. The molecule has 34 heavy (non-hydrogen) atoms. The summed E-state index contributed by atoms with van der Waals surface area (Å²) in [4.78, 5) is 30.6. The predicted molar refractivity (Wildman–Crippen MR) is 116 cm³/mol. The topological polar surface area (TPSA) is 115 Å². The maximum absolute atomic E-state index is 13.7. The zero-order chi connectivity index (χ0) is 24.2. The molecule has 2 aromatic heterocycles. The molecule has 0 saturated carbocycles. The number of rotatable bonds is 6.